The van der Waals surface area contributed by atoms with Crippen molar-refractivity contribution in [3.05, 3.63) is 93.4 Å². The zero-order valence-electron chi connectivity index (χ0n) is 23.3. The van der Waals surface area contributed by atoms with Gasteiger partial charge in [-0.05, 0) is 73.6 Å². The number of pyridine rings is 1. The highest BCUT2D eigenvalue weighted by molar-refractivity contribution is 7.90. The fourth-order valence-electron chi connectivity index (χ4n) is 6.12. The van der Waals surface area contributed by atoms with Crippen molar-refractivity contribution in [3.63, 3.8) is 0 Å². The van der Waals surface area contributed by atoms with Gasteiger partial charge < -0.3 is 9.84 Å². The van der Waals surface area contributed by atoms with Gasteiger partial charge in [0.15, 0.2) is 6.23 Å². The number of rotatable bonds is 6. The molecule has 2 aromatic heterocycles. The number of sulfonamides is 1. The van der Waals surface area contributed by atoms with E-state index in [2.05, 4.69) is 4.98 Å². The summed E-state index contributed by atoms with van der Waals surface area (Å²) in [6, 6.07) is 15.6. The highest BCUT2D eigenvalue weighted by Crippen LogP contribution is 2.42. The lowest BCUT2D eigenvalue weighted by molar-refractivity contribution is -0.0495. The van der Waals surface area contributed by atoms with Crippen LogP contribution in [-0.2, 0) is 20.4 Å². The van der Waals surface area contributed by atoms with Crippen LogP contribution in [0.5, 0.6) is 0 Å². The fraction of sp³-hybridized carbons (Fsp3) is 0.400. The third-order valence-corrected chi connectivity index (χ3v) is 10.6. The van der Waals surface area contributed by atoms with Crippen LogP contribution in [0.1, 0.15) is 66.6 Å². The Bertz CT molecular complexity index is 1710. The van der Waals surface area contributed by atoms with Gasteiger partial charge in [0.25, 0.3) is 0 Å². The van der Waals surface area contributed by atoms with Crippen LogP contribution < -0.4 is 0 Å². The number of piperidine rings is 1. The van der Waals surface area contributed by atoms with Crippen LogP contribution in [0.15, 0.2) is 60.8 Å². The van der Waals surface area contributed by atoms with Gasteiger partial charge in [-0.25, -0.2) is 18.1 Å². The Kier molecular flexibility index (Phi) is 8.44. The van der Waals surface area contributed by atoms with Crippen LogP contribution in [-0.4, -0.2) is 57.8 Å². The van der Waals surface area contributed by atoms with Crippen molar-refractivity contribution >= 4 is 44.1 Å². The molecule has 0 radical (unpaired) electrons. The maximum absolute atomic E-state index is 13.2. The Labute approximate surface area is 262 Å². The molecule has 0 spiro atoms. The van der Waals surface area contributed by atoms with Gasteiger partial charge in [0, 0.05) is 47.8 Å². The predicted molar refractivity (Wildman–Crippen MR) is 160 cm³/mol. The summed E-state index contributed by atoms with van der Waals surface area (Å²) in [5, 5.41) is 18.9. The van der Waals surface area contributed by atoms with E-state index in [1.807, 2.05) is 12.1 Å². The average molecular weight is 670 g/mol. The molecule has 2 unspecified atom stereocenters. The number of nitrogens with zero attached hydrogens (tertiary/aromatic N) is 4. The van der Waals surface area contributed by atoms with E-state index in [0.29, 0.717) is 43.7 Å². The number of hydrogen-bond acceptors (Lipinski definition) is 6. The second kappa shape index (κ2) is 11.9. The number of alkyl halides is 3. The van der Waals surface area contributed by atoms with Crippen LogP contribution in [0.3, 0.4) is 0 Å². The SMILES string of the molecule is O=S(=O)(N1CCC(c2nn(C3CCCCO3)c3ccc(C(O)(c4ccc(Cl)cc4)c4ccc(Cl)nc4)cc23)CC1)C(F)(F)F. The van der Waals surface area contributed by atoms with Crippen molar-refractivity contribution in [2.24, 2.45) is 0 Å². The lowest BCUT2D eigenvalue weighted by Gasteiger charge is -2.31. The number of halogens is 5. The molecule has 4 aromatic rings. The molecule has 4 heterocycles. The van der Waals surface area contributed by atoms with E-state index < -0.39 is 21.1 Å². The van der Waals surface area contributed by atoms with E-state index >= 15 is 0 Å². The van der Waals surface area contributed by atoms with E-state index in [1.165, 1.54) is 6.20 Å². The molecule has 14 heteroatoms. The Hall–Kier alpha value is -2.74. The third kappa shape index (κ3) is 5.60. The van der Waals surface area contributed by atoms with Crippen LogP contribution in [0.25, 0.3) is 10.9 Å². The summed E-state index contributed by atoms with van der Waals surface area (Å²) in [6.45, 7) is 0.00426. The van der Waals surface area contributed by atoms with Crippen LogP contribution in [0.2, 0.25) is 10.2 Å². The first-order valence-corrected chi connectivity index (χ1v) is 16.4. The lowest BCUT2D eigenvalue weighted by Crippen LogP contribution is -2.44. The second-order valence-electron chi connectivity index (χ2n) is 11.1. The first-order chi connectivity index (χ1) is 20.9. The van der Waals surface area contributed by atoms with Gasteiger partial charge in [-0.15, -0.1) is 0 Å². The maximum atomic E-state index is 13.2. The minimum atomic E-state index is -5.42. The lowest BCUT2D eigenvalue weighted by atomic mass is 9.80. The van der Waals surface area contributed by atoms with Gasteiger partial charge in [-0.2, -0.15) is 22.6 Å². The molecule has 6 rings (SSSR count). The average Bonchev–Trinajstić information content (AvgIpc) is 3.40. The van der Waals surface area contributed by atoms with Crippen molar-refractivity contribution in [2.75, 3.05) is 19.7 Å². The number of benzene rings is 2. The minimum Gasteiger partial charge on any atom is -0.376 e. The summed E-state index contributed by atoms with van der Waals surface area (Å²) < 4.78 is 72.1. The molecule has 2 aliphatic rings. The molecule has 2 aromatic carbocycles. The first kappa shape index (κ1) is 31.3. The van der Waals surface area contributed by atoms with Crippen molar-refractivity contribution < 1.29 is 31.4 Å². The number of ether oxygens (including phenoxy) is 1. The molecule has 0 aliphatic carbocycles. The largest absolute Gasteiger partial charge is 0.511 e. The summed E-state index contributed by atoms with van der Waals surface area (Å²) in [4.78, 5) is 4.19. The summed E-state index contributed by atoms with van der Waals surface area (Å²) in [5.74, 6) is -0.321. The van der Waals surface area contributed by atoms with Crippen molar-refractivity contribution in [1.82, 2.24) is 19.1 Å². The van der Waals surface area contributed by atoms with E-state index in [1.54, 1.807) is 47.1 Å². The first-order valence-electron chi connectivity index (χ1n) is 14.2. The molecule has 2 fully saturated rings. The van der Waals surface area contributed by atoms with Crippen LogP contribution in [0, 0.1) is 0 Å². The van der Waals surface area contributed by atoms with Crippen molar-refractivity contribution in [1.29, 1.82) is 0 Å². The summed E-state index contributed by atoms with van der Waals surface area (Å²) in [6.07, 6.45) is 4.10. The Morgan fingerprint density at radius 1 is 0.909 bits per heavy atom. The smallest absolute Gasteiger partial charge is 0.376 e. The summed E-state index contributed by atoms with van der Waals surface area (Å²) in [5.41, 5.74) is -4.19. The van der Waals surface area contributed by atoms with Gasteiger partial charge in [0.05, 0.1) is 11.2 Å². The molecule has 0 saturated carbocycles. The molecule has 2 aliphatic heterocycles. The molecule has 2 saturated heterocycles. The highest BCUT2D eigenvalue weighted by Gasteiger charge is 2.50. The molecular formula is C30H29Cl2F3N4O4S. The Balaban J connectivity index is 1.46. The fourth-order valence-corrected chi connectivity index (χ4v) is 7.35. The Morgan fingerprint density at radius 2 is 1.59 bits per heavy atom. The predicted octanol–water partition coefficient (Wildman–Crippen LogP) is 6.75. The number of fused-ring (bicyclic) bond motifs is 1. The standard InChI is InChI=1S/C30H29Cl2F3N4O4S/c31-23-8-4-20(5-9-23)29(40,22-7-11-26(32)36-18-22)21-6-10-25-24(17-21)28(37-39(25)27-3-1-2-16-43-27)19-12-14-38(15-13-19)44(41,42)30(33,34)35/h4-11,17-19,27,40H,1-3,12-16H2. The van der Waals surface area contributed by atoms with E-state index in [0.717, 1.165) is 24.8 Å². The molecule has 2 atom stereocenters. The van der Waals surface area contributed by atoms with Crippen LogP contribution >= 0.6 is 23.2 Å². The topological polar surface area (TPSA) is 97.6 Å². The monoisotopic (exact) mass is 668 g/mol. The normalized spacial score (nSPS) is 20.5. The highest BCUT2D eigenvalue weighted by atomic mass is 35.5. The van der Waals surface area contributed by atoms with E-state index in [-0.39, 0.29) is 43.2 Å². The molecular weight excluding hydrogens is 640 g/mol. The van der Waals surface area contributed by atoms with Gasteiger partial charge in [-0.3, -0.25) is 0 Å². The number of hydrogen-bond donors (Lipinski definition) is 1. The van der Waals surface area contributed by atoms with Crippen molar-refractivity contribution in [3.8, 4) is 0 Å². The maximum Gasteiger partial charge on any atom is 0.511 e. The second-order valence-corrected chi connectivity index (χ2v) is 13.8. The zero-order chi connectivity index (χ0) is 31.3. The van der Waals surface area contributed by atoms with Gasteiger partial charge >= 0.3 is 15.5 Å². The summed E-state index contributed by atoms with van der Waals surface area (Å²) in [7, 11) is -5.42. The molecule has 44 heavy (non-hydrogen) atoms. The van der Waals surface area contributed by atoms with E-state index in [4.69, 9.17) is 33.0 Å². The molecule has 234 valence electrons. The zero-order valence-corrected chi connectivity index (χ0v) is 25.7. The molecule has 0 amide bonds. The third-order valence-electron chi connectivity index (χ3n) is 8.46. The quantitative estimate of drug-likeness (QED) is 0.228. The molecule has 0 bridgehead atoms. The van der Waals surface area contributed by atoms with Gasteiger partial charge in [0.1, 0.15) is 10.8 Å². The minimum absolute atomic E-state index is 0.153. The molecule has 8 nitrogen and oxygen atoms in total. The Morgan fingerprint density at radius 3 is 2.20 bits per heavy atom. The number of aliphatic hydroxyl groups is 1. The van der Waals surface area contributed by atoms with E-state index in [9.17, 15) is 26.7 Å². The molecule has 1 N–H and O–H groups in total. The van der Waals surface area contributed by atoms with Gasteiger partial charge in [0.2, 0.25) is 0 Å². The number of aromatic nitrogens is 3. The summed E-state index contributed by atoms with van der Waals surface area (Å²) >= 11 is 12.2. The van der Waals surface area contributed by atoms with Gasteiger partial charge in [-0.1, -0.05) is 47.5 Å². The van der Waals surface area contributed by atoms with Crippen LogP contribution in [0.4, 0.5) is 13.2 Å². The van der Waals surface area contributed by atoms with Crippen molar-refractivity contribution in [2.45, 2.75) is 55.4 Å².